The summed E-state index contributed by atoms with van der Waals surface area (Å²) in [6.45, 7) is 2.72. The summed E-state index contributed by atoms with van der Waals surface area (Å²) in [5.74, 6) is 0. The third kappa shape index (κ3) is 2.74. The standard InChI is InChI=1S/C15H14N4S/c1-2-10-3-5-11(6-4-10)9-19-15-12(7-16)14(18)13(8-17)20-15/h3-6,19H,2,9,18H2,1H3. The summed E-state index contributed by atoms with van der Waals surface area (Å²) >= 11 is 1.22. The van der Waals surface area contributed by atoms with Crippen molar-refractivity contribution in [3.05, 3.63) is 45.8 Å². The van der Waals surface area contributed by atoms with E-state index in [0.29, 0.717) is 22.0 Å². The normalized spacial score (nSPS) is 9.75. The first-order valence-corrected chi connectivity index (χ1v) is 7.05. The Bertz CT molecular complexity index is 686. The molecule has 0 aliphatic heterocycles. The van der Waals surface area contributed by atoms with Gasteiger partial charge in [-0.1, -0.05) is 31.2 Å². The number of nitrogens with one attached hydrogen (secondary N) is 1. The van der Waals surface area contributed by atoms with Crippen LogP contribution in [0.15, 0.2) is 24.3 Å². The van der Waals surface area contributed by atoms with Gasteiger partial charge in [0.25, 0.3) is 0 Å². The minimum absolute atomic E-state index is 0.267. The lowest BCUT2D eigenvalue weighted by molar-refractivity contribution is 1.11. The average molecular weight is 282 g/mol. The number of nitrogen functional groups attached to an aromatic ring is 1. The Labute approximate surface area is 122 Å². The number of rotatable bonds is 4. The number of nitrogens with zero attached hydrogens (tertiary/aromatic N) is 2. The maximum atomic E-state index is 9.10. The highest BCUT2D eigenvalue weighted by molar-refractivity contribution is 7.17. The fourth-order valence-corrected chi connectivity index (χ4v) is 2.70. The number of thiophene rings is 1. The topological polar surface area (TPSA) is 85.6 Å². The van der Waals surface area contributed by atoms with E-state index in [1.807, 2.05) is 12.1 Å². The minimum Gasteiger partial charge on any atom is -0.396 e. The molecule has 0 aliphatic rings. The Morgan fingerprint density at radius 3 is 2.35 bits per heavy atom. The number of hydrogen-bond donors (Lipinski definition) is 2. The molecule has 2 rings (SSSR count). The largest absolute Gasteiger partial charge is 0.396 e. The van der Waals surface area contributed by atoms with Crippen molar-refractivity contribution >= 4 is 22.0 Å². The van der Waals surface area contributed by atoms with Gasteiger partial charge in [0.15, 0.2) is 0 Å². The van der Waals surface area contributed by atoms with Gasteiger partial charge in [-0.05, 0) is 17.5 Å². The van der Waals surface area contributed by atoms with Gasteiger partial charge in [0, 0.05) is 6.54 Å². The van der Waals surface area contributed by atoms with Crippen molar-refractivity contribution in [3.8, 4) is 12.1 Å². The van der Waals surface area contributed by atoms with E-state index in [-0.39, 0.29) is 5.69 Å². The maximum absolute atomic E-state index is 9.10. The predicted molar refractivity (Wildman–Crippen MR) is 81.3 cm³/mol. The molecule has 4 nitrogen and oxygen atoms in total. The van der Waals surface area contributed by atoms with Gasteiger partial charge in [-0.15, -0.1) is 11.3 Å². The second kappa shape index (κ2) is 6.10. The fraction of sp³-hybridized carbons (Fsp3) is 0.200. The molecule has 1 aromatic heterocycles. The lowest BCUT2D eigenvalue weighted by Gasteiger charge is -2.05. The zero-order valence-corrected chi connectivity index (χ0v) is 11.9. The first-order chi connectivity index (χ1) is 9.69. The summed E-state index contributed by atoms with van der Waals surface area (Å²) in [5.41, 5.74) is 8.80. The molecular formula is C15H14N4S. The number of benzene rings is 1. The molecule has 0 atom stereocenters. The molecule has 0 amide bonds. The predicted octanol–water partition coefficient (Wildman–Crippen LogP) is 3.25. The Kier molecular flexibility index (Phi) is 4.24. The summed E-state index contributed by atoms with van der Waals surface area (Å²) < 4.78 is 0. The highest BCUT2D eigenvalue weighted by atomic mass is 32.1. The van der Waals surface area contributed by atoms with Crippen molar-refractivity contribution in [3.63, 3.8) is 0 Å². The lowest BCUT2D eigenvalue weighted by atomic mass is 10.1. The number of nitrogens with two attached hydrogens (primary N) is 1. The van der Waals surface area contributed by atoms with Crippen LogP contribution in [0.5, 0.6) is 0 Å². The molecule has 5 heteroatoms. The van der Waals surface area contributed by atoms with Gasteiger partial charge in [0.2, 0.25) is 0 Å². The smallest absolute Gasteiger partial charge is 0.131 e. The number of anilines is 2. The molecule has 0 radical (unpaired) electrons. The molecule has 20 heavy (non-hydrogen) atoms. The van der Waals surface area contributed by atoms with Crippen LogP contribution in [-0.4, -0.2) is 0 Å². The second-order valence-corrected chi connectivity index (χ2v) is 5.32. The molecule has 0 bridgehead atoms. The van der Waals surface area contributed by atoms with Crippen molar-refractivity contribution < 1.29 is 0 Å². The molecule has 1 heterocycles. The Morgan fingerprint density at radius 2 is 1.80 bits per heavy atom. The van der Waals surface area contributed by atoms with E-state index in [2.05, 4.69) is 36.5 Å². The van der Waals surface area contributed by atoms with Gasteiger partial charge in [-0.2, -0.15) is 10.5 Å². The van der Waals surface area contributed by atoms with Crippen LogP contribution in [-0.2, 0) is 13.0 Å². The molecule has 2 aromatic rings. The maximum Gasteiger partial charge on any atom is 0.131 e. The van der Waals surface area contributed by atoms with E-state index in [9.17, 15) is 0 Å². The Morgan fingerprint density at radius 1 is 1.15 bits per heavy atom. The third-order valence-corrected chi connectivity index (χ3v) is 4.11. The lowest BCUT2D eigenvalue weighted by Crippen LogP contribution is -1.99. The molecule has 0 saturated carbocycles. The highest BCUT2D eigenvalue weighted by Crippen LogP contribution is 2.34. The van der Waals surface area contributed by atoms with Crippen molar-refractivity contribution in [2.24, 2.45) is 0 Å². The monoisotopic (exact) mass is 282 g/mol. The van der Waals surface area contributed by atoms with E-state index in [1.165, 1.54) is 16.9 Å². The molecule has 0 fully saturated rings. The van der Waals surface area contributed by atoms with Crippen LogP contribution in [0.2, 0.25) is 0 Å². The fourth-order valence-electron chi connectivity index (χ4n) is 1.84. The summed E-state index contributed by atoms with van der Waals surface area (Å²) in [6.07, 6.45) is 1.01. The van der Waals surface area contributed by atoms with Gasteiger partial charge in [-0.3, -0.25) is 0 Å². The van der Waals surface area contributed by atoms with Crippen LogP contribution < -0.4 is 11.1 Å². The second-order valence-electron chi connectivity index (χ2n) is 4.30. The summed E-state index contributed by atoms with van der Waals surface area (Å²) in [7, 11) is 0. The van der Waals surface area contributed by atoms with Crippen LogP contribution in [0.1, 0.15) is 28.5 Å². The van der Waals surface area contributed by atoms with Crippen molar-refractivity contribution in [2.75, 3.05) is 11.1 Å². The summed E-state index contributed by atoms with van der Waals surface area (Å²) in [6, 6.07) is 12.3. The zero-order chi connectivity index (χ0) is 14.5. The van der Waals surface area contributed by atoms with Crippen LogP contribution in [0, 0.1) is 22.7 Å². The van der Waals surface area contributed by atoms with Crippen molar-refractivity contribution in [2.45, 2.75) is 19.9 Å². The van der Waals surface area contributed by atoms with E-state index in [0.717, 1.165) is 12.0 Å². The van der Waals surface area contributed by atoms with Crippen molar-refractivity contribution in [1.29, 1.82) is 10.5 Å². The van der Waals surface area contributed by atoms with E-state index < -0.39 is 0 Å². The van der Waals surface area contributed by atoms with Crippen LogP contribution in [0.3, 0.4) is 0 Å². The van der Waals surface area contributed by atoms with Crippen LogP contribution in [0.4, 0.5) is 10.7 Å². The van der Waals surface area contributed by atoms with E-state index >= 15 is 0 Å². The molecule has 100 valence electrons. The molecule has 0 aliphatic carbocycles. The average Bonchev–Trinajstić information content (AvgIpc) is 2.81. The first-order valence-electron chi connectivity index (χ1n) is 6.23. The Hall–Kier alpha value is -2.50. The quantitative estimate of drug-likeness (QED) is 0.901. The molecule has 0 unspecified atom stereocenters. The molecule has 1 aromatic carbocycles. The minimum atomic E-state index is 0.267. The van der Waals surface area contributed by atoms with E-state index in [4.69, 9.17) is 16.3 Å². The SMILES string of the molecule is CCc1ccc(CNc2sc(C#N)c(N)c2C#N)cc1. The van der Waals surface area contributed by atoms with Gasteiger partial charge in [0.05, 0.1) is 5.69 Å². The zero-order valence-electron chi connectivity index (χ0n) is 11.1. The van der Waals surface area contributed by atoms with E-state index in [1.54, 1.807) is 0 Å². The molecular weight excluding hydrogens is 268 g/mol. The van der Waals surface area contributed by atoms with Gasteiger partial charge < -0.3 is 11.1 Å². The third-order valence-electron chi connectivity index (χ3n) is 3.04. The van der Waals surface area contributed by atoms with Gasteiger partial charge in [-0.25, -0.2) is 0 Å². The first kappa shape index (κ1) is 13.9. The summed E-state index contributed by atoms with van der Waals surface area (Å²) in [5, 5.41) is 21.9. The summed E-state index contributed by atoms with van der Waals surface area (Å²) in [4.78, 5) is 0.380. The molecule has 0 spiro atoms. The number of hydrogen-bond acceptors (Lipinski definition) is 5. The number of aryl methyl sites for hydroxylation is 1. The Balaban J connectivity index is 2.15. The molecule has 0 saturated heterocycles. The van der Waals surface area contributed by atoms with Crippen LogP contribution >= 0.6 is 11.3 Å². The van der Waals surface area contributed by atoms with Gasteiger partial charge >= 0.3 is 0 Å². The highest BCUT2D eigenvalue weighted by Gasteiger charge is 2.15. The number of nitriles is 2. The van der Waals surface area contributed by atoms with Crippen molar-refractivity contribution in [1.82, 2.24) is 0 Å². The van der Waals surface area contributed by atoms with Crippen LogP contribution in [0.25, 0.3) is 0 Å². The molecule has 3 N–H and O–H groups in total. The van der Waals surface area contributed by atoms with Gasteiger partial charge in [0.1, 0.15) is 27.6 Å².